The van der Waals surface area contributed by atoms with Crippen LogP contribution in [0.5, 0.6) is 11.5 Å². The quantitative estimate of drug-likeness (QED) is 0.335. The van der Waals surface area contributed by atoms with E-state index >= 15 is 0 Å². The molecule has 0 amide bonds. The van der Waals surface area contributed by atoms with Crippen LogP contribution in [0.1, 0.15) is 11.1 Å². The first kappa shape index (κ1) is 18.4. The summed E-state index contributed by atoms with van der Waals surface area (Å²) in [5.74, 6) is 0.0979. The minimum absolute atomic E-state index is 0.000809. The molecule has 0 N–H and O–H groups in total. The fraction of sp³-hybridized carbons (Fsp3) is 0.111. The topological polar surface area (TPSA) is 100 Å². The van der Waals surface area contributed by atoms with Gasteiger partial charge in [0.2, 0.25) is 5.90 Å². The number of carbonyl (C=O) groups excluding carboxylic acids is 1. The fourth-order valence-corrected chi connectivity index (χ4v) is 2.69. The summed E-state index contributed by atoms with van der Waals surface area (Å²) < 4.78 is 15.7. The van der Waals surface area contributed by atoms with E-state index in [-0.39, 0.29) is 27.9 Å². The standard InChI is InChI=1S/C18H13ClN2O6/c1-25-15-5-3-4-10(16(15)26-2)8-14-18(22)27-17(20-14)12-9-11(21(23)24)6-7-13(12)19/h3-9H,1-2H3/b14-8-. The second kappa shape index (κ2) is 7.46. The summed E-state index contributed by atoms with van der Waals surface area (Å²) in [5.41, 5.74) is 0.512. The lowest BCUT2D eigenvalue weighted by molar-refractivity contribution is -0.384. The first-order chi connectivity index (χ1) is 12.9. The molecule has 0 radical (unpaired) electrons. The van der Waals surface area contributed by atoms with Crippen molar-refractivity contribution in [2.24, 2.45) is 4.99 Å². The van der Waals surface area contributed by atoms with Crippen molar-refractivity contribution < 1.29 is 23.9 Å². The van der Waals surface area contributed by atoms with E-state index in [0.29, 0.717) is 17.1 Å². The zero-order chi connectivity index (χ0) is 19.6. The van der Waals surface area contributed by atoms with E-state index in [0.717, 1.165) is 0 Å². The van der Waals surface area contributed by atoms with Gasteiger partial charge in [-0.3, -0.25) is 10.1 Å². The number of hydrogen-bond donors (Lipinski definition) is 0. The van der Waals surface area contributed by atoms with Gasteiger partial charge >= 0.3 is 5.97 Å². The van der Waals surface area contributed by atoms with Crippen LogP contribution in [-0.2, 0) is 9.53 Å². The van der Waals surface area contributed by atoms with E-state index in [1.165, 1.54) is 38.5 Å². The summed E-state index contributed by atoms with van der Waals surface area (Å²) in [7, 11) is 2.98. The molecule has 3 rings (SSSR count). The second-order valence-corrected chi connectivity index (χ2v) is 5.75. The van der Waals surface area contributed by atoms with Crippen LogP contribution in [0.15, 0.2) is 47.1 Å². The Kier molecular flexibility index (Phi) is 5.09. The molecule has 0 unspecified atom stereocenters. The molecule has 2 aromatic rings. The Balaban J connectivity index is 2.04. The van der Waals surface area contributed by atoms with Crippen molar-refractivity contribution in [2.45, 2.75) is 0 Å². The number of para-hydroxylation sites is 1. The van der Waals surface area contributed by atoms with Crippen LogP contribution in [0.25, 0.3) is 6.08 Å². The van der Waals surface area contributed by atoms with Gasteiger partial charge in [-0.05, 0) is 18.2 Å². The van der Waals surface area contributed by atoms with E-state index in [1.54, 1.807) is 18.2 Å². The summed E-state index contributed by atoms with van der Waals surface area (Å²) in [6.07, 6.45) is 1.47. The van der Waals surface area contributed by atoms with E-state index < -0.39 is 10.9 Å². The van der Waals surface area contributed by atoms with Crippen LogP contribution >= 0.6 is 11.6 Å². The number of non-ortho nitro benzene ring substituents is 1. The minimum atomic E-state index is -0.711. The van der Waals surface area contributed by atoms with Gasteiger partial charge < -0.3 is 14.2 Å². The molecular formula is C18H13ClN2O6. The first-order valence-corrected chi connectivity index (χ1v) is 8.00. The fourth-order valence-electron chi connectivity index (χ4n) is 2.49. The highest BCUT2D eigenvalue weighted by atomic mass is 35.5. The Hall–Kier alpha value is -3.39. The maximum Gasteiger partial charge on any atom is 0.363 e. The van der Waals surface area contributed by atoms with Crippen LogP contribution in [-0.4, -0.2) is 31.0 Å². The van der Waals surface area contributed by atoms with E-state index in [4.69, 9.17) is 25.8 Å². The van der Waals surface area contributed by atoms with E-state index in [9.17, 15) is 14.9 Å². The van der Waals surface area contributed by atoms with Gasteiger partial charge in [-0.1, -0.05) is 23.7 Å². The van der Waals surface area contributed by atoms with Gasteiger partial charge in [0.1, 0.15) is 0 Å². The Morgan fingerprint density at radius 1 is 1.22 bits per heavy atom. The van der Waals surface area contributed by atoms with Crippen molar-refractivity contribution >= 4 is 35.2 Å². The molecule has 0 saturated heterocycles. The molecule has 138 valence electrons. The molecule has 0 spiro atoms. The molecule has 1 aliphatic heterocycles. The predicted molar refractivity (Wildman–Crippen MR) is 98.3 cm³/mol. The Bertz CT molecular complexity index is 999. The minimum Gasteiger partial charge on any atom is -0.493 e. The van der Waals surface area contributed by atoms with Gasteiger partial charge in [-0.25, -0.2) is 9.79 Å². The summed E-state index contributed by atoms with van der Waals surface area (Å²) in [6, 6.07) is 8.96. The van der Waals surface area contributed by atoms with Gasteiger partial charge in [-0.2, -0.15) is 0 Å². The van der Waals surface area contributed by atoms with Gasteiger partial charge in [0.15, 0.2) is 17.2 Å². The van der Waals surface area contributed by atoms with Crippen molar-refractivity contribution in [2.75, 3.05) is 14.2 Å². The normalized spacial score (nSPS) is 14.7. The van der Waals surface area contributed by atoms with Crippen LogP contribution in [0, 0.1) is 10.1 Å². The van der Waals surface area contributed by atoms with Crippen molar-refractivity contribution in [3.05, 3.63) is 68.4 Å². The SMILES string of the molecule is COc1cccc(/C=C2\N=C(c3cc([N+](=O)[O-])ccc3Cl)OC2=O)c1OC. The maximum atomic E-state index is 12.2. The van der Waals surface area contributed by atoms with Crippen molar-refractivity contribution in [3.8, 4) is 11.5 Å². The highest BCUT2D eigenvalue weighted by Gasteiger charge is 2.27. The Morgan fingerprint density at radius 2 is 2.00 bits per heavy atom. The van der Waals surface area contributed by atoms with Crippen LogP contribution in [0.4, 0.5) is 5.69 Å². The molecule has 9 heteroatoms. The van der Waals surface area contributed by atoms with Gasteiger partial charge in [-0.15, -0.1) is 0 Å². The molecule has 2 aromatic carbocycles. The van der Waals surface area contributed by atoms with Gasteiger partial charge in [0, 0.05) is 17.7 Å². The molecule has 1 heterocycles. The summed E-state index contributed by atoms with van der Waals surface area (Å²) in [4.78, 5) is 26.7. The third-order valence-electron chi connectivity index (χ3n) is 3.74. The number of halogens is 1. The lowest BCUT2D eigenvalue weighted by Gasteiger charge is -2.09. The molecule has 0 atom stereocenters. The van der Waals surface area contributed by atoms with Gasteiger partial charge in [0.25, 0.3) is 5.69 Å². The lowest BCUT2D eigenvalue weighted by Crippen LogP contribution is -2.06. The van der Waals surface area contributed by atoms with E-state index in [2.05, 4.69) is 4.99 Å². The van der Waals surface area contributed by atoms with Crippen LogP contribution in [0.3, 0.4) is 0 Å². The number of nitro benzene ring substituents is 1. The third kappa shape index (κ3) is 3.61. The molecule has 8 nitrogen and oxygen atoms in total. The number of carbonyl (C=O) groups is 1. The largest absolute Gasteiger partial charge is 0.493 e. The average molecular weight is 389 g/mol. The lowest BCUT2D eigenvalue weighted by atomic mass is 10.1. The molecule has 0 aromatic heterocycles. The number of cyclic esters (lactones) is 1. The number of methoxy groups -OCH3 is 2. The van der Waals surface area contributed by atoms with Crippen LogP contribution in [0.2, 0.25) is 5.02 Å². The summed E-state index contributed by atoms with van der Waals surface area (Å²) >= 11 is 6.07. The molecular weight excluding hydrogens is 376 g/mol. The molecule has 27 heavy (non-hydrogen) atoms. The number of ether oxygens (including phenoxy) is 3. The smallest absolute Gasteiger partial charge is 0.363 e. The maximum absolute atomic E-state index is 12.2. The van der Waals surface area contributed by atoms with Crippen molar-refractivity contribution in [3.63, 3.8) is 0 Å². The average Bonchev–Trinajstić information content (AvgIpc) is 3.01. The molecule has 0 fully saturated rings. The number of esters is 1. The monoisotopic (exact) mass is 388 g/mol. The summed E-state index contributed by atoms with van der Waals surface area (Å²) in [6.45, 7) is 0. The first-order valence-electron chi connectivity index (χ1n) is 7.62. The molecule has 0 aliphatic carbocycles. The highest BCUT2D eigenvalue weighted by Crippen LogP contribution is 2.33. The number of nitrogens with zero attached hydrogens (tertiary/aromatic N) is 2. The van der Waals surface area contributed by atoms with Crippen molar-refractivity contribution in [1.82, 2.24) is 0 Å². The predicted octanol–water partition coefficient (Wildman–Crippen LogP) is 3.61. The number of benzene rings is 2. The Labute approximate surface area is 158 Å². The van der Waals surface area contributed by atoms with Crippen molar-refractivity contribution in [1.29, 1.82) is 0 Å². The highest BCUT2D eigenvalue weighted by molar-refractivity contribution is 6.34. The zero-order valence-electron chi connectivity index (χ0n) is 14.3. The number of aliphatic imine (C=N–C) groups is 1. The Morgan fingerprint density at radius 3 is 2.67 bits per heavy atom. The number of rotatable bonds is 5. The molecule has 0 saturated carbocycles. The zero-order valence-corrected chi connectivity index (χ0v) is 15.0. The summed E-state index contributed by atoms with van der Waals surface area (Å²) in [5, 5.41) is 11.1. The third-order valence-corrected chi connectivity index (χ3v) is 4.07. The number of hydrogen-bond acceptors (Lipinski definition) is 7. The molecule has 0 bridgehead atoms. The number of nitro groups is 1. The second-order valence-electron chi connectivity index (χ2n) is 5.34. The van der Waals surface area contributed by atoms with Crippen LogP contribution < -0.4 is 9.47 Å². The van der Waals surface area contributed by atoms with E-state index in [1.807, 2.05) is 0 Å². The molecule has 1 aliphatic rings. The van der Waals surface area contributed by atoms with Gasteiger partial charge in [0.05, 0.1) is 29.7 Å².